The monoisotopic (exact) mass is 620 g/mol. The second kappa shape index (κ2) is 11.4. The van der Waals surface area contributed by atoms with Gasteiger partial charge in [-0.05, 0) is 50.5 Å². The van der Waals surface area contributed by atoms with E-state index in [1.54, 1.807) is 35.2 Å². The fraction of sp³-hybridized carbons (Fsp3) is 0.286. The fourth-order valence-electron chi connectivity index (χ4n) is 4.88. The summed E-state index contributed by atoms with van der Waals surface area (Å²) in [5, 5.41) is 20.2. The second-order valence-corrected chi connectivity index (χ2v) is 11.6. The number of anilines is 2. The van der Waals surface area contributed by atoms with E-state index in [9.17, 15) is 29.1 Å². The molecule has 0 aromatic carbocycles. The molecule has 0 radical (unpaired) electrons. The fourth-order valence-corrected chi connectivity index (χ4v) is 5.43. The van der Waals surface area contributed by atoms with E-state index in [0.29, 0.717) is 5.69 Å². The molecule has 0 bridgehead atoms. The Morgan fingerprint density at radius 3 is 2.70 bits per heavy atom. The van der Waals surface area contributed by atoms with Gasteiger partial charge in [0.2, 0.25) is 5.60 Å². The standard InChI is InChI=1S/C28H28N8O7S/c1-28(2,26(29)42)43-33-19(17-13-44-27(30)31-17)22(37)32-20-18-7-6-14(21(25(40)41)36(18)24(20)39)11-15-8-10-35(23(15)38)16-5-4-9-34(3)12-16/h4-5,8-13,18,20H,6-7H2,1-3H3,(H5-,29,30,31,32,37,40,41,42)/b15-11+,33-19-/t18-,20+/m1/s1. The predicted octanol–water partition coefficient (Wildman–Crippen LogP) is -1.49. The zero-order chi connectivity index (χ0) is 31.9. The number of carboxylic acids is 1. The maximum absolute atomic E-state index is 13.3. The van der Waals surface area contributed by atoms with Crippen molar-refractivity contribution in [1.29, 1.82) is 0 Å². The van der Waals surface area contributed by atoms with E-state index in [2.05, 4.69) is 15.5 Å². The van der Waals surface area contributed by atoms with Gasteiger partial charge in [0.05, 0.1) is 17.7 Å². The maximum Gasteiger partial charge on any atom is 0.276 e. The van der Waals surface area contributed by atoms with Crippen molar-refractivity contribution < 1.29 is 38.5 Å². The highest BCUT2D eigenvalue weighted by Gasteiger charge is 2.52. The number of thiazole rings is 1. The number of nitrogen functional groups attached to an aromatic ring is 1. The SMILES string of the molecule is C[n+]1cccc(N2C=C/C(=C\C3=C(C(=O)[O-])N4C(=O)[C@@H](NC(=O)/C(=N\OC(C)(C)C(N)=O)c5csc(N)n5)[C@H]4CC3)C2=O)c1. The molecule has 228 valence electrons. The average Bonchev–Trinajstić information content (AvgIpc) is 3.56. The number of amides is 4. The number of aromatic nitrogens is 2. The Morgan fingerprint density at radius 1 is 1.32 bits per heavy atom. The lowest BCUT2D eigenvalue weighted by molar-refractivity contribution is -0.670. The lowest BCUT2D eigenvalue weighted by Gasteiger charge is -2.51. The van der Waals surface area contributed by atoms with Crippen molar-refractivity contribution >= 4 is 57.5 Å². The molecule has 2 aromatic heterocycles. The molecule has 44 heavy (non-hydrogen) atoms. The lowest BCUT2D eigenvalue weighted by atomic mass is 9.83. The van der Waals surface area contributed by atoms with Crippen molar-refractivity contribution in [3.63, 3.8) is 0 Å². The second-order valence-electron chi connectivity index (χ2n) is 10.7. The van der Waals surface area contributed by atoms with E-state index in [1.165, 1.54) is 30.2 Å². The van der Waals surface area contributed by atoms with Gasteiger partial charge in [-0.25, -0.2) is 9.55 Å². The lowest BCUT2D eigenvalue weighted by Crippen LogP contribution is -2.72. The highest BCUT2D eigenvalue weighted by Crippen LogP contribution is 2.38. The number of oxime groups is 1. The molecular weight excluding hydrogens is 592 g/mol. The van der Waals surface area contributed by atoms with Gasteiger partial charge in [0.15, 0.2) is 23.2 Å². The number of primary amides is 1. The number of rotatable bonds is 9. The van der Waals surface area contributed by atoms with Crippen molar-refractivity contribution in [2.24, 2.45) is 17.9 Å². The molecule has 0 unspecified atom stereocenters. The summed E-state index contributed by atoms with van der Waals surface area (Å²) in [6, 6.07) is 1.75. The number of β-lactam (4-membered cyclic amide) rings is 1. The minimum Gasteiger partial charge on any atom is -0.543 e. The van der Waals surface area contributed by atoms with E-state index in [4.69, 9.17) is 16.3 Å². The van der Waals surface area contributed by atoms with Crippen molar-refractivity contribution in [2.45, 2.75) is 44.4 Å². The first-order chi connectivity index (χ1) is 20.8. The number of carbonyl (C=O) groups is 5. The smallest absolute Gasteiger partial charge is 0.276 e. The average molecular weight is 621 g/mol. The van der Waals surface area contributed by atoms with Gasteiger partial charge in [0.25, 0.3) is 23.6 Å². The Balaban J connectivity index is 1.36. The van der Waals surface area contributed by atoms with Gasteiger partial charge in [0.1, 0.15) is 24.5 Å². The van der Waals surface area contributed by atoms with Crippen LogP contribution in [0.3, 0.4) is 0 Å². The molecule has 1 saturated heterocycles. The topological polar surface area (TPSA) is 217 Å². The highest BCUT2D eigenvalue weighted by atomic mass is 32.1. The molecule has 5 rings (SSSR count). The molecular formula is C28H28N8O7S. The number of aryl methyl sites for hydroxylation is 1. The van der Waals surface area contributed by atoms with Crippen molar-refractivity contribution in [3.05, 3.63) is 70.8 Å². The van der Waals surface area contributed by atoms with Crippen LogP contribution in [0.25, 0.3) is 0 Å². The summed E-state index contributed by atoms with van der Waals surface area (Å²) < 4.78 is 1.79. The largest absolute Gasteiger partial charge is 0.543 e. The third kappa shape index (κ3) is 5.54. The summed E-state index contributed by atoms with van der Waals surface area (Å²) in [5.41, 5.74) is 9.87. The summed E-state index contributed by atoms with van der Waals surface area (Å²) in [4.78, 5) is 75.3. The highest BCUT2D eigenvalue weighted by molar-refractivity contribution is 7.13. The van der Waals surface area contributed by atoms with Gasteiger partial charge in [-0.15, -0.1) is 11.3 Å². The van der Waals surface area contributed by atoms with Gasteiger partial charge in [-0.1, -0.05) is 5.16 Å². The van der Waals surface area contributed by atoms with Crippen molar-refractivity contribution in [1.82, 2.24) is 15.2 Å². The van der Waals surface area contributed by atoms with Crippen LogP contribution in [0, 0.1) is 0 Å². The van der Waals surface area contributed by atoms with E-state index >= 15 is 0 Å². The molecule has 3 aliphatic rings. The molecule has 16 heteroatoms. The van der Waals surface area contributed by atoms with Gasteiger partial charge < -0.3 is 36.4 Å². The van der Waals surface area contributed by atoms with E-state index in [1.807, 2.05) is 13.2 Å². The van der Waals surface area contributed by atoms with E-state index in [0.717, 1.165) is 16.2 Å². The minimum atomic E-state index is -1.59. The molecule has 15 nitrogen and oxygen atoms in total. The van der Waals surface area contributed by atoms with E-state index in [-0.39, 0.29) is 52.1 Å². The Morgan fingerprint density at radius 2 is 2.07 bits per heavy atom. The molecule has 2 atom stereocenters. The summed E-state index contributed by atoms with van der Waals surface area (Å²) in [6.07, 6.45) is 8.64. The van der Waals surface area contributed by atoms with Gasteiger partial charge in [-0.3, -0.25) is 24.1 Å². The number of carbonyl (C=O) groups excluding carboxylic acids is 5. The van der Waals surface area contributed by atoms with Crippen LogP contribution in [0.5, 0.6) is 0 Å². The van der Waals surface area contributed by atoms with Crippen molar-refractivity contribution in [3.8, 4) is 0 Å². The third-order valence-corrected chi connectivity index (χ3v) is 7.97. The summed E-state index contributed by atoms with van der Waals surface area (Å²) in [7, 11) is 1.82. The zero-order valence-electron chi connectivity index (χ0n) is 23.8. The predicted molar refractivity (Wildman–Crippen MR) is 154 cm³/mol. The third-order valence-electron chi connectivity index (χ3n) is 7.29. The van der Waals surface area contributed by atoms with E-state index < -0.39 is 41.4 Å². The molecule has 0 aliphatic carbocycles. The number of aliphatic carboxylic acids is 1. The van der Waals surface area contributed by atoms with Crippen molar-refractivity contribution in [2.75, 3.05) is 10.6 Å². The number of hydrogen-bond donors (Lipinski definition) is 3. The molecule has 1 fully saturated rings. The Kier molecular flexibility index (Phi) is 7.77. The number of nitrogens with one attached hydrogen (secondary N) is 1. The van der Waals surface area contributed by atoms with Gasteiger partial charge >= 0.3 is 0 Å². The normalized spacial score (nSPS) is 21.0. The summed E-state index contributed by atoms with van der Waals surface area (Å²) in [6.45, 7) is 2.71. The minimum absolute atomic E-state index is 0.0364. The molecule has 0 saturated carbocycles. The number of hydrogen-bond acceptors (Lipinski definition) is 11. The maximum atomic E-state index is 13.3. The Bertz CT molecular complexity index is 1720. The number of fused-ring (bicyclic) bond motifs is 1. The zero-order valence-corrected chi connectivity index (χ0v) is 24.7. The van der Waals surface area contributed by atoms with Crippen LogP contribution < -0.4 is 31.4 Å². The molecule has 4 amide bonds. The molecule has 2 aromatic rings. The Hall–Kier alpha value is -5.38. The Labute approximate surface area is 254 Å². The quantitative estimate of drug-likeness (QED) is 0.0977. The van der Waals surface area contributed by atoms with Crippen LogP contribution in [0.4, 0.5) is 10.8 Å². The molecule has 5 heterocycles. The molecule has 5 N–H and O–H groups in total. The number of nitrogens with zero attached hydrogens (tertiary/aromatic N) is 5. The first kappa shape index (κ1) is 30.1. The molecule has 0 spiro atoms. The van der Waals surface area contributed by atoms with Crippen LogP contribution in [0.2, 0.25) is 0 Å². The number of allylic oxidation sites excluding steroid dienone is 2. The van der Waals surface area contributed by atoms with Gasteiger partial charge in [0, 0.05) is 23.2 Å². The van der Waals surface area contributed by atoms with Gasteiger partial charge in [-0.2, -0.15) is 0 Å². The van der Waals surface area contributed by atoms with Crippen LogP contribution >= 0.6 is 11.3 Å². The molecule has 3 aliphatic heterocycles. The number of nitrogens with two attached hydrogens (primary N) is 2. The number of carboxylic acid groups (broad SMARTS) is 1. The van der Waals surface area contributed by atoms with Crippen LogP contribution in [0.15, 0.2) is 70.3 Å². The summed E-state index contributed by atoms with van der Waals surface area (Å²) >= 11 is 1.03. The summed E-state index contributed by atoms with van der Waals surface area (Å²) in [5.74, 6) is -4.35. The first-order valence-corrected chi connectivity index (χ1v) is 14.2. The van der Waals surface area contributed by atoms with Crippen LogP contribution in [-0.4, -0.2) is 62.9 Å². The first-order valence-electron chi connectivity index (χ1n) is 13.3. The number of pyridine rings is 1. The van der Waals surface area contributed by atoms with Crippen LogP contribution in [0.1, 0.15) is 32.4 Å². The van der Waals surface area contributed by atoms with Crippen LogP contribution in [-0.2, 0) is 35.9 Å².